The predicted octanol–water partition coefficient (Wildman–Crippen LogP) is 2.71. The molecule has 5 heteroatoms. The molecule has 1 fully saturated rings. The first-order valence-corrected chi connectivity index (χ1v) is 8.60. The van der Waals surface area contributed by atoms with Crippen LogP contribution in [-0.4, -0.2) is 66.8 Å². The molecule has 0 spiro atoms. The van der Waals surface area contributed by atoms with Crippen molar-refractivity contribution in [2.24, 2.45) is 0 Å². The van der Waals surface area contributed by atoms with Crippen molar-refractivity contribution >= 4 is 6.09 Å². The van der Waals surface area contributed by atoms with Crippen LogP contribution in [0.15, 0.2) is 0 Å². The van der Waals surface area contributed by atoms with E-state index in [0.29, 0.717) is 12.1 Å². The minimum atomic E-state index is -0.423. The van der Waals surface area contributed by atoms with Crippen LogP contribution in [0.2, 0.25) is 0 Å². The second kappa shape index (κ2) is 8.73. The van der Waals surface area contributed by atoms with Crippen molar-refractivity contribution in [1.29, 1.82) is 0 Å². The van der Waals surface area contributed by atoms with E-state index in [1.54, 1.807) is 11.9 Å². The third kappa shape index (κ3) is 7.45. The van der Waals surface area contributed by atoms with Gasteiger partial charge in [-0.05, 0) is 73.5 Å². The quantitative estimate of drug-likeness (QED) is 0.766. The zero-order valence-corrected chi connectivity index (χ0v) is 15.3. The van der Waals surface area contributed by atoms with Crippen molar-refractivity contribution < 1.29 is 9.53 Å². The monoisotopic (exact) mass is 313 g/mol. The van der Waals surface area contributed by atoms with Gasteiger partial charge in [-0.1, -0.05) is 0 Å². The fourth-order valence-corrected chi connectivity index (χ4v) is 2.67. The standard InChI is InChI=1S/C17H35N3O2/c1-14(2)20-12-8-15(9-13-20)18-10-7-11-19(6)16(21)22-17(3,4)5/h14-15,18H,7-13H2,1-6H3. The number of carbonyl (C=O) groups is 1. The number of ether oxygens (including phenoxy) is 1. The Balaban J connectivity index is 2.12. The van der Waals surface area contributed by atoms with Crippen LogP contribution in [0.5, 0.6) is 0 Å². The highest BCUT2D eigenvalue weighted by molar-refractivity contribution is 5.67. The van der Waals surface area contributed by atoms with E-state index < -0.39 is 5.60 Å². The summed E-state index contributed by atoms with van der Waals surface area (Å²) in [5, 5.41) is 3.62. The number of nitrogens with one attached hydrogen (secondary N) is 1. The summed E-state index contributed by atoms with van der Waals surface area (Å²) in [6, 6.07) is 1.28. The number of likely N-dealkylation sites (tertiary alicyclic amines) is 1. The van der Waals surface area contributed by atoms with E-state index >= 15 is 0 Å². The molecule has 0 atom stereocenters. The summed E-state index contributed by atoms with van der Waals surface area (Å²) in [6.07, 6.45) is 3.16. The molecule has 0 aliphatic carbocycles. The van der Waals surface area contributed by atoms with Gasteiger partial charge in [-0.3, -0.25) is 0 Å². The van der Waals surface area contributed by atoms with Crippen molar-refractivity contribution in [3.05, 3.63) is 0 Å². The van der Waals surface area contributed by atoms with Gasteiger partial charge in [-0.25, -0.2) is 4.79 Å². The Morgan fingerprint density at radius 1 is 1.32 bits per heavy atom. The van der Waals surface area contributed by atoms with E-state index in [1.165, 1.54) is 25.9 Å². The van der Waals surface area contributed by atoms with Crippen LogP contribution in [0.3, 0.4) is 0 Å². The third-order valence-electron chi connectivity index (χ3n) is 4.07. The first-order chi connectivity index (χ1) is 10.2. The van der Waals surface area contributed by atoms with Crippen LogP contribution in [0, 0.1) is 0 Å². The van der Waals surface area contributed by atoms with Crippen molar-refractivity contribution in [2.45, 2.75) is 71.6 Å². The smallest absolute Gasteiger partial charge is 0.410 e. The van der Waals surface area contributed by atoms with Gasteiger partial charge in [0.05, 0.1) is 0 Å². The number of carbonyl (C=O) groups excluding carboxylic acids is 1. The molecule has 1 aliphatic rings. The van der Waals surface area contributed by atoms with Gasteiger partial charge in [0.25, 0.3) is 0 Å². The molecule has 0 aromatic rings. The lowest BCUT2D eigenvalue weighted by Crippen LogP contribution is -2.45. The van der Waals surface area contributed by atoms with Gasteiger partial charge < -0.3 is 19.9 Å². The van der Waals surface area contributed by atoms with Crippen molar-refractivity contribution in [3.63, 3.8) is 0 Å². The Hall–Kier alpha value is -0.810. The van der Waals surface area contributed by atoms with Gasteiger partial charge in [0.1, 0.15) is 5.60 Å². The molecule has 0 radical (unpaired) electrons. The number of piperidine rings is 1. The van der Waals surface area contributed by atoms with Gasteiger partial charge in [-0.15, -0.1) is 0 Å². The molecule has 1 heterocycles. The molecule has 1 amide bonds. The minimum Gasteiger partial charge on any atom is -0.444 e. The van der Waals surface area contributed by atoms with E-state index in [1.807, 2.05) is 20.8 Å². The average molecular weight is 313 g/mol. The summed E-state index contributed by atoms with van der Waals surface area (Å²) in [7, 11) is 1.80. The third-order valence-corrected chi connectivity index (χ3v) is 4.07. The molecular formula is C17H35N3O2. The molecule has 0 aromatic heterocycles. The number of nitrogens with zero attached hydrogens (tertiary/aromatic N) is 2. The summed E-state index contributed by atoms with van der Waals surface area (Å²) in [6.45, 7) is 14.3. The molecule has 1 rings (SSSR count). The fourth-order valence-electron chi connectivity index (χ4n) is 2.67. The SMILES string of the molecule is CC(C)N1CCC(NCCCN(C)C(=O)OC(C)(C)C)CC1. The summed E-state index contributed by atoms with van der Waals surface area (Å²) in [5.41, 5.74) is -0.423. The maximum Gasteiger partial charge on any atom is 0.410 e. The fraction of sp³-hybridized carbons (Fsp3) is 0.941. The lowest BCUT2D eigenvalue weighted by atomic mass is 10.0. The number of amides is 1. The Morgan fingerprint density at radius 3 is 2.41 bits per heavy atom. The zero-order chi connectivity index (χ0) is 16.8. The van der Waals surface area contributed by atoms with E-state index in [9.17, 15) is 4.79 Å². The molecule has 130 valence electrons. The van der Waals surface area contributed by atoms with Crippen LogP contribution < -0.4 is 5.32 Å². The second-order valence-corrected chi connectivity index (χ2v) is 7.61. The first-order valence-electron chi connectivity index (χ1n) is 8.60. The number of rotatable bonds is 6. The van der Waals surface area contributed by atoms with Crippen LogP contribution in [0.4, 0.5) is 4.79 Å². The molecule has 0 bridgehead atoms. The normalized spacial score (nSPS) is 17.8. The number of hydrogen-bond acceptors (Lipinski definition) is 4. The zero-order valence-electron chi connectivity index (χ0n) is 15.3. The van der Waals surface area contributed by atoms with Crippen molar-refractivity contribution in [1.82, 2.24) is 15.1 Å². The molecule has 0 unspecified atom stereocenters. The molecular weight excluding hydrogens is 278 g/mol. The maximum atomic E-state index is 11.8. The highest BCUT2D eigenvalue weighted by Crippen LogP contribution is 2.13. The van der Waals surface area contributed by atoms with Crippen LogP contribution >= 0.6 is 0 Å². The lowest BCUT2D eigenvalue weighted by Gasteiger charge is -2.35. The van der Waals surface area contributed by atoms with Crippen LogP contribution in [0.25, 0.3) is 0 Å². The highest BCUT2D eigenvalue weighted by atomic mass is 16.6. The number of hydrogen-bond donors (Lipinski definition) is 1. The summed E-state index contributed by atoms with van der Waals surface area (Å²) < 4.78 is 5.34. The van der Waals surface area contributed by atoms with Gasteiger partial charge in [-0.2, -0.15) is 0 Å². The minimum absolute atomic E-state index is 0.238. The largest absolute Gasteiger partial charge is 0.444 e. The van der Waals surface area contributed by atoms with E-state index in [4.69, 9.17) is 4.74 Å². The maximum absolute atomic E-state index is 11.8. The van der Waals surface area contributed by atoms with E-state index in [0.717, 1.165) is 19.5 Å². The Kier molecular flexibility index (Phi) is 7.63. The first kappa shape index (κ1) is 19.2. The van der Waals surface area contributed by atoms with Gasteiger partial charge in [0, 0.05) is 25.7 Å². The van der Waals surface area contributed by atoms with Crippen LogP contribution in [0.1, 0.15) is 53.9 Å². The van der Waals surface area contributed by atoms with Gasteiger partial charge >= 0.3 is 6.09 Å². The average Bonchev–Trinajstić information content (AvgIpc) is 2.42. The molecule has 0 aromatic carbocycles. The highest BCUT2D eigenvalue weighted by Gasteiger charge is 2.21. The van der Waals surface area contributed by atoms with Crippen molar-refractivity contribution in [3.8, 4) is 0 Å². The van der Waals surface area contributed by atoms with E-state index in [2.05, 4.69) is 24.1 Å². The Bertz CT molecular complexity index is 331. The summed E-state index contributed by atoms with van der Waals surface area (Å²) >= 11 is 0. The van der Waals surface area contributed by atoms with Crippen molar-refractivity contribution in [2.75, 3.05) is 33.2 Å². The predicted molar refractivity (Wildman–Crippen MR) is 91.2 cm³/mol. The molecule has 22 heavy (non-hydrogen) atoms. The molecule has 1 N–H and O–H groups in total. The van der Waals surface area contributed by atoms with Crippen LogP contribution in [-0.2, 0) is 4.74 Å². The second-order valence-electron chi connectivity index (χ2n) is 7.61. The summed E-state index contributed by atoms with van der Waals surface area (Å²) in [4.78, 5) is 16.0. The molecule has 0 saturated carbocycles. The molecule has 5 nitrogen and oxygen atoms in total. The summed E-state index contributed by atoms with van der Waals surface area (Å²) in [5.74, 6) is 0. The van der Waals surface area contributed by atoms with Gasteiger partial charge in [0.2, 0.25) is 0 Å². The van der Waals surface area contributed by atoms with Gasteiger partial charge in [0.15, 0.2) is 0 Å². The Labute approximate surface area is 136 Å². The molecule has 1 aliphatic heterocycles. The molecule has 1 saturated heterocycles. The lowest BCUT2D eigenvalue weighted by molar-refractivity contribution is 0.0297. The topological polar surface area (TPSA) is 44.8 Å². The Morgan fingerprint density at radius 2 is 1.91 bits per heavy atom. The van der Waals surface area contributed by atoms with E-state index in [-0.39, 0.29) is 6.09 Å².